The van der Waals surface area contributed by atoms with Gasteiger partial charge < -0.3 is 9.32 Å². The zero-order valence-electron chi connectivity index (χ0n) is 11.3. The zero-order chi connectivity index (χ0) is 14.8. The van der Waals surface area contributed by atoms with Crippen LogP contribution in [0.3, 0.4) is 0 Å². The maximum atomic E-state index is 11.3. The Morgan fingerprint density at radius 3 is 2.76 bits per heavy atom. The van der Waals surface area contributed by atoms with Crippen molar-refractivity contribution < 1.29 is 14.1 Å². The third-order valence-electron chi connectivity index (χ3n) is 3.54. The zero-order valence-corrected chi connectivity index (χ0v) is 11.3. The Morgan fingerprint density at radius 1 is 1.38 bits per heavy atom. The number of nitro benzene ring substituents is 1. The van der Waals surface area contributed by atoms with Crippen molar-refractivity contribution in [3.05, 3.63) is 58.0 Å². The number of nitrogens with zero attached hydrogens (tertiary/aromatic N) is 2. The van der Waals surface area contributed by atoms with E-state index < -0.39 is 4.92 Å². The number of hydrogen-bond acceptors (Lipinski definition) is 5. The molecule has 1 aromatic carbocycles. The molecule has 0 radical (unpaired) electrons. The number of furan rings is 1. The minimum atomic E-state index is -0.445. The fourth-order valence-electron chi connectivity index (χ4n) is 2.37. The molecule has 0 unspecified atom stereocenters. The quantitative estimate of drug-likeness (QED) is 0.463. The van der Waals surface area contributed by atoms with E-state index in [9.17, 15) is 14.9 Å². The molecule has 3 rings (SSSR count). The van der Waals surface area contributed by atoms with Gasteiger partial charge in [-0.1, -0.05) is 0 Å². The van der Waals surface area contributed by atoms with Gasteiger partial charge in [0.25, 0.3) is 5.69 Å². The van der Waals surface area contributed by atoms with Crippen LogP contribution in [0.4, 0.5) is 11.4 Å². The lowest BCUT2D eigenvalue weighted by molar-refractivity contribution is -0.384. The van der Waals surface area contributed by atoms with E-state index in [4.69, 9.17) is 4.42 Å². The number of carbonyl (C=O) groups excluding carboxylic acids is 1. The molecule has 1 heterocycles. The van der Waals surface area contributed by atoms with E-state index in [0.717, 1.165) is 18.6 Å². The molecule has 0 bridgehead atoms. The minimum Gasteiger partial charge on any atom is -0.467 e. The molecule has 1 saturated carbocycles. The van der Waals surface area contributed by atoms with Crippen molar-refractivity contribution in [2.45, 2.75) is 25.4 Å². The summed E-state index contributed by atoms with van der Waals surface area (Å²) in [4.78, 5) is 23.6. The highest BCUT2D eigenvalue weighted by molar-refractivity contribution is 5.79. The molecule has 0 spiro atoms. The van der Waals surface area contributed by atoms with Gasteiger partial charge in [-0.3, -0.25) is 14.9 Å². The Labute approximate surface area is 121 Å². The molecule has 108 valence electrons. The summed E-state index contributed by atoms with van der Waals surface area (Å²) in [6.07, 6.45) is 4.22. The topological polar surface area (TPSA) is 76.6 Å². The van der Waals surface area contributed by atoms with Gasteiger partial charge >= 0.3 is 0 Å². The maximum Gasteiger partial charge on any atom is 0.293 e. The monoisotopic (exact) mass is 286 g/mol. The number of carbonyl (C=O) groups is 1. The summed E-state index contributed by atoms with van der Waals surface area (Å²) in [5.41, 5.74) is 0.793. The second-order valence-electron chi connectivity index (χ2n) is 5.06. The van der Waals surface area contributed by atoms with Crippen LogP contribution in [0.15, 0.2) is 41.0 Å². The molecule has 0 amide bonds. The van der Waals surface area contributed by atoms with Crippen LogP contribution in [0.1, 0.15) is 29.0 Å². The third kappa shape index (κ3) is 2.79. The first-order valence-electron chi connectivity index (χ1n) is 6.71. The molecule has 21 heavy (non-hydrogen) atoms. The average molecular weight is 286 g/mol. The summed E-state index contributed by atoms with van der Waals surface area (Å²) in [7, 11) is 0. The fraction of sp³-hybridized carbons (Fsp3) is 0.267. The largest absolute Gasteiger partial charge is 0.467 e. The first-order chi connectivity index (χ1) is 10.2. The summed E-state index contributed by atoms with van der Waals surface area (Å²) < 4.78 is 5.34. The van der Waals surface area contributed by atoms with Crippen molar-refractivity contribution in [2.24, 2.45) is 0 Å². The van der Waals surface area contributed by atoms with Crippen molar-refractivity contribution >= 4 is 17.7 Å². The summed E-state index contributed by atoms with van der Waals surface area (Å²) in [6, 6.07) is 8.50. The summed E-state index contributed by atoms with van der Waals surface area (Å²) >= 11 is 0. The Kier molecular flexibility index (Phi) is 3.43. The highest BCUT2D eigenvalue weighted by atomic mass is 16.6. The van der Waals surface area contributed by atoms with Gasteiger partial charge in [0.15, 0.2) is 0 Å². The first kappa shape index (κ1) is 13.4. The predicted octanol–water partition coefficient (Wildman–Crippen LogP) is 3.17. The van der Waals surface area contributed by atoms with Gasteiger partial charge in [0.05, 0.1) is 17.7 Å². The van der Waals surface area contributed by atoms with Gasteiger partial charge in [-0.2, -0.15) is 0 Å². The molecule has 6 heteroatoms. The molecule has 0 N–H and O–H groups in total. The Morgan fingerprint density at radius 2 is 2.19 bits per heavy atom. The Balaban J connectivity index is 1.98. The van der Waals surface area contributed by atoms with E-state index in [1.807, 2.05) is 11.0 Å². The van der Waals surface area contributed by atoms with Crippen molar-refractivity contribution in [3.8, 4) is 0 Å². The molecule has 0 atom stereocenters. The van der Waals surface area contributed by atoms with Gasteiger partial charge in [-0.05, 0) is 37.1 Å². The van der Waals surface area contributed by atoms with Crippen LogP contribution in [0, 0.1) is 10.1 Å². The Bertz CT molecular complexity index is 662. The van der Waals surface area contributed by atoms with Gasteiger partial charge in [0, 0.05) is 17.7 Å². The summed E-state index contributed by atoms with van der Waals surface area (Å²) in [5, 5.41) is 11.3. The summed E-state index contributed by atoms with van der Waals surface area (Å²) in [6.45, 7) is 0.485. The molecular weight excluding hydrogens is 272 g/mol. The number of rotatable bonds is 6. The van der Waals surface area contributed by atoms with E-state index in [2.05, 4.69) is 0 Å². The molecule has 1 fully saturated rings. The molecule has 2 aromatic rings. The molecule has 1 aliphatic rings. The first-order valence-corrected chi connectivity index (χ1v) is 6.71. The highest BCUT2D eigenvalue weighted by Crippen LogP contribution is 2.38. The molecular formula is C15H14N2O4. The van der Waals surface area contributed by atoms with Crippen LogP contribution in [-0.4, -0.2) is 17.3 Å². The van der Waals surface area contributed by atoms with Crippen molar-refractivity contribution in [3.63, 3.8) is 0 Å². The smallest absolute Gasteiger partial charge is 0.293 e. The highest BCUT2D eigenvalue weighted by Gasteiger charge is 2.33. The number of aldehydes is 1. The maximum absolute atomic E-state index is 11.3. The summed E-state index contributed by atoms with van der Waals surface area (Å²) in [5.74, 6) is 0.760. The number of hydrogen-bond donors (Lipinski definition) is 0. The molecule has 6 nitrogen and oxygen atoms in total. The van der Waals surface area contributed by atoms with E-state index >= 15 is 0 Å². The van der Waals surface area contributed by atoms with E-state index in [1.54, 1.807) is 24.5 Å². The normalized spacial score (nSPS) is 13.9. The van der Waals surface area contributed by atoms with Crippen molar-refractivity contribution in [1.82, 2.24) is 0 Å². The van der Waals surface area contributed by atoms with Crippen LogP contribution < -0.4 is 4.90 Å². The van der Waals surface area contributed by atoms with Crippen LogP contribution in [0.25, 0.3) is 0 Å². The lowest BCUT2D eigenvalue weighted by Crippen LogP contribution is -2.25. The third-order valence-corrected chi connectivity index (χ3v) is 3.54. The lowest BCUT2D eigenvalue weighted by Gasteiger charge is -2.23. The van der Waals surface area contributed by atoms with Crippen LogP contribution >= 0.6 is 0 Å². The Hall–Kier alpha value is -2.63. The second kappa shape index (κ2) is 5.40. The molecule has 1 aliphatic carbocycles. The van der Waals surface area contributed by atoms with Gasteiger partial charge in [0.1, 0.15) is 17.7 Å². The van der Waals surface area contributed by atoms with Gasteiger partial charge in [-0.15, -0.1) is 0 Å². The SMILES string of the molecule is O=Cc1ccc(N(Cc2ccco2)C2CC2)c([N+](=O)[O-])c1. The van der Waals surface area contributed by atoms with Gasteiger partial charge in [-0.25, -0.2) is 0 Å². The number of anilines is 1. The van der Waals surface area contributed by atoms with Crippen LogP contribution in [0.5, 0.6) is 0 Å². The van der Waals surface area contributed by atoms with E-state index in [-0.39, 0.29) is 11.7 Å². The van der Waals surface area contributed by atoms with E-state index in [1.165, 1.54) is 6.07 Å². The molecule has 1 aromatic heterocycles. The molecule has 0 saturated heterocycles. The number of nitro groups is 1. The standard InChI is InChI=1S/C15H14N2O4/c18-10-11-3-6-14(15(8-11)17(19)20)16(12-4-5-12)9-13-2-1-7-21-13/h1-3,6-8,10,12H,4-5,9H2. The van der Waals surface area contributed by atoms with E-state index in [0.29, 0.717) is 24.1 Å². The van der Waals surface area contributed by atoms with Crippen molar-refractivity contribution in [2.75, 3.05) is 4.90 Å². The average Bonchev–Trinajstić information content (AvgIpc) is 3.21. The minimum absolute atomic E-state index is 0.0435. The van der Waals surface area contributed by atoms with Gasteiger partial charge in [0.2, 0.25) is 0 Å². The predicted molar refractivity (Wildman–Crippen MR) is 76.4 cm³/mol. The lowest BCUT2D eigenvalue weighted by atomic mass is 10.1. The fourth-order valence-corrected chi connectivity index (χ4v) is 2.37. The van der Waals surface area contributed by atoms with Crippen LogP contribution in [0.2, 0.25) is 0 Å². The molecule has 0 aliphatic heterocycles. The second-order valence-corrected chi connectivity index (χ2v) is 5.06. The number of benzene rings is 1. The van der Waals surface area contributed by atoms with Crippen LogP contribution in [-0.2, 0) is 6.54 Å². The van der Waals surface area contributed by atoms with Crippen molar-refractivity contribution in [1.29, 1.82) is 0 Å².